The first-order valence-corrected chi connectivity index (χ1v) is 7.63. The van der Waals surface area contributed by atoms with Crippen LogP contribution >= 0.6 is 0 Å². The first-order valence-electron chi connectivity index (χ1n) is 6.02. The first kappa shape index (κ1) is 15.7. The summed E-state index contributed by atoms with van der Waals surface area (Å²) >= 11 is 0. The molecule has 4 nitrogen and oxygen atoms in total. The molecule has 0 aromatic carbocycles. The zero-order valence-corrected chi connectivity index (χ0v) is 11.1. The van der Waals surface area contributed by atoms with Gasteiger partial charge in [-0.15, -0.1) is 0 Å². The Morgan fingerprint density at radius 2 is 1.94 bits per heavy atom. The predicted molar refractivity (Wildman–Crippen MR) is 62.5 cm³/mol. The van der Waals surface area contributed by atoms with Crippen LogP contribution in [0.25, 0.3) is 0 Å². The maximum absolute atomic E-state index is 13.0. The Labute approximate surface area is 105 Å². The first-order chi connectivity index (χ1) is 8.24. The van der Waals surface area contributed by atoms with Crippen molar-refractivity contribution in [1.82, 2.24) is 4.31 Å². The number of nitrogens with zero attached hydrogens (tertiary/aromatic N) is 1. The Hall–Kier alpha value is -0.340. The summed E-state index contributed by atoms with van der Waals surface area (Å²) in [5.74, 6) is -0.249. The van der Waals surface area contributed by atoms with Crippen molar-refractivity contribution in [3.8, 4) is 0 Å². The minimum atomic E-state index is -4.57. The number of alkyl halides is 3. The zero-order chi connectivity index (χ0) is 14.0. The smallest absolute Gasteiger partial charge is 0.330 e. The summed E-state index contributed by atoms with van der Waals surface area (Å²) < 4.78 is 63.4. The number of hydrogen-bond acceptors (Lipinski definition) is 3. The molecule has 0 bridgehead atoms. The van der Waals surface area contributed by atoms with Crippen molar-refractivity contribution < 1.29 is 21.6 Å². The van der Waals surface area contributed by atoms with E-state index in [1.807, 2.05) is 0 Å². The molecule has 8 heteroatoms. The van der Waals surface area contributed by atoms with Crippen molar-refractivity contribution >= 4 is 10.0 Å². The van der Waals surface area contributed by atoms with Crippen LogP contribution in [0.3, 0.4) is 0 Å². The van der Waals surface area contributed by atoms with Crippen molar-refractivity contribution in [3.63, 3.8) is 0 Å². The van der Waals surface area contributed by atoms with E-state index in [-0.39, 0.29) is 18.7 Å². The van der Waals surface area contributed by atoms with Gasteiger partial charge in [-0.2, -0.15) is 17.5 Å². The lowest BCUT2D eigenvalue weighted by Crippen LogP contribution is -2.51. The van der Waals surface area contributed by atoms with Crippen molar-refractivity contribution in [2.24, 2.45) is 5.73 Å². The van der Waals surface area contributed by atoms with Gasteiger partial charge in [0.1, 0.15) is 6.04 Å². The average Bonchev–Trinajstić information content (AvgIpc) is 2.99. The van der Waals surface area contributed by atoms with E-state index in [9.17, 15) is 21.6 Å². The SMILES string of the molecule is CCCS(=O)(=O)N(C1CC1)C(CCN)C(F)(F)F. The second-order valence-corrected chi connectivity index (χ2v) is 6.51. The summed E-state index contributed by atoms with van der Waals surface area (Å²) in [7, 11) is -3.86. The van der Waals surface area contributed by atoms with Crippen LogP contribution in [0, 0.1) is 0 Å². The highest BCUT2D eigenvalue weighted by atomic mass is 32.2. The molecule has 0 aromatic heterocycles. The largest absolute Gasteiger partial charge is 0.405 e. The maximum Gasteiger partial charge on any atom is 0.405 e. The third-order valence-corrected chi connectivity index (χ3v) is 4.93. The minimum absolute atomic E-state index is 0.185. The topological polar surface area (TPSA) is 63.4 Å². The number of hydrogen-bond donors (Lipinski definition) is 1. The van der Waals surface area contributed by atoms with Crippen molar-refractivity contribution in [1.29, 1.82) is 0 Å². The van der Waals surface area contributed by atoms with Crippen LogP contribution in [-0.2, 0) is 10.0 Å². The van der Waals surface area contributed by atoms with E-state index in [1.54, 1.807) is 6.92 Å². The summed E-state index contributed by atoms with van der Waals surface area (Å²) in [5, 5.41) is 0. The molecule has 1 rings (SSSR count). The van der Waals surface area contributed by atoms with E-state index >= 15 is 0 Å². The molecule has 0 aliphatic heterocycles. The summed E-state index contributed by atoms with van der Waals surface area (Å²) in [6, 6.07) is -2.48. The Bertz CT molecular complexity index is 366. The Morgan fingerprint density at radius 1 is 1.39 bits per heavy atom. The van der Waals surface area contributed by atoms with E-state index in [2.05, 4.69) is 0 Å². The van der Waals surface area contributed by atoms with Gasteiger partial charge in [-0.25, -0.2) is 8.42 Å². The van der Waals surface area contributed by atoms with E-state index in [0.717, 1.165) is 0 Å². The third kappa shape index (κ3) is 3.83. The number of sulfonamides is 1. The van der Waals surface area contributed by atoms with Crippen molar-refractivity contribution in [3.05, 3.63) is 0 Å². The molecule has 0 saturated heterocycles. The van der Waals surface area contributed by atoms with Crippen molar-refractivity contribution in [2.75, 3.05) is 12.3 Å². The monoisotopic (exact) mass is 288 g/mol. The highest BCUT2D eigenvalue weighted by Crippen LogP contribution is 2.38. The fourth-order valence-corrected chi connectivity index (χ4v) is 3.97. The highest BCUT2D eigenvalue weighted by molar-refractivity contribution is 7.89. The second-order valence-electron chi connectivity index (χ2n) is 4.51. The standard InChI is InChI=1S/C10H19F3N2O2S/c1-2-7-18(16,17)15(8-3-4-8)9(5-6-14)10(11,12)13/h8-9H,2-7,14H2,1H3. The maximum atomic E-state index is 13.0. The second kappa shape index (κ2) is 5.75. The van der Waals surface area contributed by atoms with Gasteiger partial charge in [0.25, 0.3) is 0 Å². The van der Waals surface area contributed by atoms with E-state index < -0.39 is 28.3 Å². The van der Waals surface area contributed by atoms with E-state index in [4.69, 9.17) is 5.73 Å². The lowest BCUT2D eigenvalue weighted by atomic mass is 10.2. The molecule has 1 saturated carbocycles. The molecule has 1 unspecified atom stereocenters. The van der Waals surface area contributed by atoms with Gasteiger partial charge in [0, 0.05) is 6.04 Å². The lowest BCUT2D eigenvalue weighted by molar-refractivity contribution is -0.173. The average molecular weight is 288 g/mol. The lowest BCUT2D eigenvalue weighted by Gasteiger charge is -2.32. The summed E-state index contributed by atoms with van der Waals surface area (Å²) in [4.78, 5) is 0. The van der Waals surface area contributed by atoms with Crippen LogP contribution in [0.1, 0.15) is 32.6 Å². The van der Waals surface area contributed by atoms with E-state index in [1.165, 1.54) is 0 Å². The van der Waals surface area contributed by atoms with Crippen LogP contribution in [0.5, 0.6) is 0 Å². The molecule has 0 spiro atoms. The fourth-order valence-electron chi connectivity index (χ4n) is 1.96. The summed E-state index contributed by atoms with van der Waals surface area (Å²) in [5.41, 5.74) is 5.18. The van der Waals surface area contributed by atoms with E-state index in [0.29, 0.717) is 23.6 Å². The molecule has 1 fully saturated rings. The molecule has 0 amide bonds. The molecule has 1 aliphatic rings. The van der Waals surface area contributed by atoms with Crippen LogP contribution in [0.15, 0.2) is 0 Å². The number of halogens is 3. The van der Waals surface area contributed by atoms with Crippen LogP contribution in [0.4, 0.5) is 13.2 Å². The van der Waals surface area contributed by atoms with Gasteiger partial charge in [-0.05, 0) is 32.2 Å². The molecule has 1 aliphatic carbocycles. The van der Waals surface area contributed by atoms with Crippen molar-refractivity contribution in [2.45, 2.75) is 50.9 Å². The Morgan fingerprint density at radius 3 is 2.28 bits per heavy atom. The molecule has 18 heavy (non-hydrogen) atoms. The van der Waals surface area contributed by atoms with Gasteiger partial charge in [-0.1, -0.05) is 6.92 Å². The molecule has 108 valence electrons. The molecular formula is C10H19F3N2O2S. The molecular weight excluding hydrogens is 269 g/mol. The molecule has 0 aromatic rings. The molecule has 0 heterocycles. The number of nitrogens with two attached hydrogens (primary N) is 1. The van der Waals surface area contributed by atoms with Gasteiger partial charge in [-0.3, -0.25) is 0 Å². The van der Waals surface area contributed by atoms with Crippen LogP contribution < -0.4 is 5.73 Å². The predicted octanol–water partition coefficient (Wildman–Crippen LogP) is 1.47. The van der Waals surface area contributed by atoms with Crippen LogP contribution in [0.2, 0.25) is 0 Å². The van der Waals surface area contributed by atoms with Gasteiger partial charge >= 0.3 is 6.18 Å². The van der Waals surface area contributed by atoms with Gasteiger partial charge in [0.15, 0.2) is 0 Å². The Balaban J connectivity index is 3.01. The Kier molecular flexibility index (Phi) is 5.02. The summed E-state index contributed by atoms with van der Waals surface area (Å²) in [6.07, 6.45) is -3.65. The molecule has 2 N–H and O–H groups in total. The van der Waals surface area contributed by atoms with Gasteiger partial charge in [0.2, 0.25) is 10.0 Å². The van der Waals surface area contributed by atoms with Crippen LogP contribution in [-0.4, -0.2) is 43.3 Å². The zero-order valence-electron chi connectivity index (χ0n) is 10.3. The fraction of sp³-hybridized carbons (Fsp3) is 1.00. The third-order valence-electron chi connectivity index (χ3n) is 2.82. The molecule has 1 atom stereocenters. The minimum Gasteiger partial charge on any atom is -0.330 e. The highest BCUT2D eigenvalue weighted by Gasteiger charge is 2.51. The summed E-state index contributed by atoms with van der Waals surface area (Å²) in [6.45, 7) is 1.45. The number of rotatable bonds is 7. The molecule has 0 radical (unpaired) electrons. The quantitative estimate of drug-likeness (QED) is 0.771. The van der Waals surface area contributed by atoms with Gasteiger partial charge in [0.05, 0.1) is 5.75 Å². The normalized spacial score (nSPS) is 19.2. The van der Waals surface area contributed by atoms with Gasteiger partial charge < -0.3 is 5.73 Å².